The summed E-state index contributed by atoms with van der Waals surface area (Å²) in [7, 11) is -1.02. The average Bonchev–Trinajstić information content (AvgIpc) is 2.30. The van der Waals surface area contributed by atoms with E-state index in [-0.39, 0.29) is 23.4 Å². The van der Waals surface area contributed by atoms with Crippen molar-refractivity contribution in [3.8, 4) is 0 Å². The Labute approximate surface area is 98.5 Å². The lowest BCUT2D eigenvalue weighted by Crippen LogP contribution is -2.13. The topological polar surface area (TPSA) is 43.1 Å². The molecule has 2 unspecified atom stereocenters. The standard InChI is InChI=1S/C12H18FNOS/c1-3-9(2)16(15)8-11-6-4-5-10(7-14)12(11)13/h4-6,9H,3,7-8,14H2,1-2H3. The molecule has 0 fully saturated rings. The maximum absolute atomic E-state index is 13.8. The van der Waals surface area contributed by atoms with Gasteiger partial charge in [-0.2, -0.15) is 0 Å². The summed E-state index contributed by atoms with van der Waals surface area (Å²) in [4.78, 5) is 0. The van der Waals surface area contributed by atoms with Gasteiger partial charge in [0.05, 0.1) is 5.75 Å². The number of nitrogens with two attached hydrogens (primary N) is 1. The van der Waals surface area contributed by atoms with Crippen molar-refractivity contribution in [2.75, 3.05) is 0 Å². The molecule has 0 aromatic heterocycles. The Kier molecular flexibility index (Phi) is 5.09. The average molecular weight is 243 g/mol. The van der Waals surface area contributed by atoms with Crippen LogP contribution in [0, 0.1) is 5.82 Å². The van der Waals surface area contributed by atoms with Crippen LogP contribution in [0.15, 0.2) is 18.2 Å². The third-order valence-electron chi connectivity index (χ3n) is 2.70. The zero-order valence-corrected chi connectivity index (χ0v) is 10.5. The molecule has 0 spiro atoms. The van der Waals surface area contributed by atoms with Crippen molar-refractivity contribution >= 4 is 10.8 Å². The Bertz CT molecular complexity index is 381. The van der Waals surface area contributed by atoms with Crippen LogP contribution in [0.4, 0.5) is 4.39 Å². The summed E-state index contributed by atoms with van der Waals surface area (Å²) in [5.41, 5.74) is 6.41. The van der Waals surface area contributed by atoms with Gasteiger partial charge in [-0.25, -0.2) is 4.39 Å². The van der Waals surface area contributed by atoms with Crippen molar-refractivity contribution in [2.45, 2.75) is 37.8 Å². The van der Waals surface area contributed by atoms with Gasteiger partial charge in [0.1, 0.15) is 5.82 Å². The van der Waals surface area contributed by atoms with Gasteiger partial charge in [0.15, 0.2) is 0 Å². The molecule has 1 aromatic carbocycles. The number of hydrogen-bond donors (Lipinski definition) is 1. The summed E-state index contributed by atoms with van der Waals surface area (Å²) in [6.45, 7) is 4.08. The smallest absolute Gasteiger partial charge is 0.131 e. The summed E-state index contributed by atoms with van der Waals surface area (Å²) in [5, 5.41) is 0.0981. The highest BCUT2D eigenvalue weighted by molar-refractivity contribution is 7.84. The maximum atomic E-state index is 13.8. The minimum absolute atomic E-state index is 0.0981. The third kappa shape index (κ3) is 3.12. The molecule has 1 aromatic rings. The van der Waals surface area contributed by atoms with E-state index in [1.807, 2.05) is 13.8 Å². The largest absolute Gasteiger partial charge is 0.326 e. The van der Waals surface area contributed by atoms with Gasteiger partial charge in [0, 0.05) is 33.7 Å². The van der Waals surface area contributed by atoms with Gasteiger partial charge in [-0.15, -0.1) is 0 Å². The van der Waals surface area contributed by atoms with Crippen LogP contribution >= 0.6 is 0 Å². The zero-order valence-electron chi connectivity index (χ0n) is 9.70. The molecule has 2 N–H and O–H groups in total. The van der Waals surface area contributed by atoms with Crippen LogP contribution in [-0.2, 0) is 23.1 Å². The molecule has 4 heteroatoms. The van der Waals surface area contributed by atoms with Crippen molar-refractivity contribution in [3.63, 3.8) is 0 Å². The molecule has 0 radical (unpaired) electrons. The monoisotopic (exact) mass is 243 g/mol. The molecule has 0 aliphatic rings. The number of benzene rings is 1. The second-order valence-corrected chi connectivity index (χ2v) is 5.69. The van der Waals surface area contributed by atoms with Crippen LogP contribution < -0.4 is 5.73 Å². The lowest BCUT2D eigenvalue weighted by Gasteiger charge is -2.10. The Morgan fingerprint density at radius 2 is 2.06 bits per heavy atom. The molecule has 0 heterocycles. The predicted octanol–water partition coefficient (Wildman–Crippen LogP) is 2.33. The third-order valence-corrected chi connectivity index (χ3v) is 4.53. The lowest BCUT2D eigenvalue weighted by molar-refractivity contribution is 0.598. The fourth-order valence-electron chi connectivity index (χ4n) is 1.38. The van der Waals surface area contributed by atoms with Crippen LogP contribution in [0.5, 0.6) is 0 Å². The molecule has 90 valence electrons. The quantitative estimate of drug-likeness (QED) is 0.862. The van der Waals surface area contributed by atoms with E-state index in [9.17, 15) is 8.60 Å². The minimum atomic E-state index is -1.02. The van der Waals surface area contributed by atoms with Gasteiger partial charge in [0.2, 0.25) is 0 Å². The minimum Gasteiger partial charge on any atom is -0.326 e. The van der Waals surface area contributed by atoms with E-state index in [4.69, 9.17) is 5.73 Å². The molecule has 0 saturated heterocycles. The van der Waals surface area contributed by atoms with Crippen molar-refractivity contribution in [2.24, 2.45) is 5.73 Å². The highest BCUT2D eigenvalue weighted by Gasteiger charge is 2.13. The van der Waals surface area contributed by atoms with Gasteiger partial charge in [-0.3, -0.25) is 4.21 Å². The maximum Gasteiger partial charge on any atom is 0.131 e. The van der Waals surface area contributed by atoms with Gasteiger partial charge in [-0.05, 0) is 6.42 Å². The van der Waals surface area contributed by atoms with Gasteiger partial charge in [-0.1, -0.05) is 32.0 Å². The van der Waals surface area contributed by atoms with Crippen LogP contribution in [0.25, 0.3) is 0 Å². The van der Waals surface area contributed by atoms with E-state index in [0.717, 1.165) is 6.42 Å². The number of halogens is 1. The van der Waals surface area contributed by atoms with Crippen LogP contribution in [0.2, 0.25) is 0 Å². The second kappa shape index (κ2) is 6.11. The molecule has 0 aliphatic heterocycles. The van der Waals surface area contributed by atoms with Crippen LogP contribution in [-0.4, -0.2) is 9.46 Å². The SMILES string of the molecule is CCC(C)S(=O)Cc1cccc(CN)c1F. The molecule has 1 rings (SSSR count). The normalized spacial score (nSPS) is 14.8. The summed E-state index contributed by atoms with van der Waals surface area (Å²) in [6.07, 6.45) is 0.838. The molecule has 0 amide bonds. The fourth-order valence-corrected chi connectivity index (χ4v) is 2.57. The summed E-state index contributed by atoms with van der Waals surface area (Å²) in [5.74, 6) is -0.0315. The number of hydrogen-bond acceptors (Lipinski definition) is 2. The van der Waals surface area contributed by atoms with Crippen LogP contribution in [0.1, 0.15) is 31.4 Å². The first-order valence-corrected chi connectivity index (χ1v) is 6.81. The van der Waals surface area contributed by atoms with E-state index < -0.39 is 10.8 Å². The Morgan fingerprint density at radius 1 is 1.44 bits per heavy atom. The lowest BCUT2D eigenvalue weighted by atomic mass is 10.1. The highest BCUT2D eigenvalue weighted by Crippen LogP contribution is 2.16. The van der Waals surface area contributed by atoms with E-state index in [0.29, 0.717) is 11.1 Å². The first-order chi connectivity index (χ1) is 7.60. The van der Waals surface area contributed by atoms with Crippen molar-refractivity contribution in [1.82, 2.24) is 0 Å². The molecular weight excluding hydrogens is 225 g/mol. The second-order valence-electron chi connectivity index (χ2n) is 3.84. The molecule has 0 bridgehead atoms. The van der Waals surface area contributed by atoms with Crippen molar-refractivity contribution in [1.29, 1.82) is 0 Å². The summed E-state index contributed by atoms with van der Waals surface area (Å²) >= 11 is 0. The van der Waals surface area contributed by atoms with Crippen molar-refractivity contribution < 1.29 is 8.60 Å². The fraction of sp³-hybridized carbons (Fsp3) is 0.500. The summed E-state index contributed by atoms with van der Waals surface area (Å²) in [6, 6.07) is 5.09. The predicted molar refractivity (Wildman–Crippen MR) is 65.9 cm³/mol. The zero-order chi connectivity index (χ0) is 12.1. The van der Waals surface area contributed by atoms with E-state index >= 15 is 0 Å². The Morgan fingerprint density at radius 3 is 2.62 bits per heavy atom. The van der Waals surface area contributed by atoms with Gasteiger partial charge >= 0.3 is 0 Å². The first-order valence-electron chi connectivity index (χ1n) is 5.43. The number of rotatable bonds is 5. The van der Waals surface area contributed by atoms with E-state index in [1.165, 1.54) is 0 Å². The van der Waals surface area contributed by atoms with Gasteiger partial charge in [0.25, 0.3) is 0 Å². The molecule has 2 atom stereocenters. The Hall–Kier alpha value is -0.740. The Balaban J connectivity index is 2.85. The van der Waals surface area contributed by atoms with E-state index in [2.05, 4.69) is 0 Å². The van der Waals surface area contributed by atoms with Crippen LogP contribution in [0.3, 0.4) is 0 Å². The molecule has 0 saturated carbocycles. The first kappa shape index (κ1) is 13.3. The highest BCUT2D eigenvalue weighted by atomic mass is 32.2. The van der Waals surface area contributed by atoms with E-state index in [1.54, 1.807) is 18.2 Å². The molecular formula is C12H18FNOS. The molecule has 16 heavy (non-hydrogen) atoms. The van der Waals surface area contributed by atoms with Gasteiger partial charge < -0.3 is 5.73 Å². The molecule has 2 nitrogen and oxygen atoms in total. The summed E-state index contributed by atoms with van der Waals surface area (Å²) < 4.78 is 25.6. The van der Waals surface area contributed by atoms with Crippen molar-refractivity contribution in [3.05, 3.63) is 35.1 Å². The molecule has 0 aliphatic carbocycles.